The predicted octanol–water partition coefficient (Wildman–Crippen LogP) is 3.34. The first kappa shape index (κ1) is 12.6. The van der Waals surface area contributed by atoms with E-state index < -0.39 is 0 Å². The van der Waals surface area contributed by atoms with Crippen molar-refractivity contribution in [2.45, 2.75) is 12.8 Å². The molecule has 0 radical (unpaired) electrons. The maximum absolute atomic E-state index is 9.27. The molecule has 0 atom stereocenters. The van der Waals surface area contributed by atoms with Crippen molar-refractivity contribution in [2.24, 2.45) is 0 Å². The molecule has 20 heavy (non-hydrogen) atoms. The number of alkyl halides is 1. The summed E-state index contributed by atoms with van der Waals surface area (Å²) in [7, 11) is 0. The van der Waals surface area contributed by atoms with E-state index in [4.69, 9.17) is 11.6 Å². The van der Waals surface area contributed by atoms with Crippen LogP contribution in [0, 0.1) is 18.3 Å². The third-order valence-corrected chi connectivity index (χ3v) is 3.34. The standard InChI is InChI=1S/C15H11ClN4/c1-10-6-7-12-15(18-10)20(14(8-16)19-12)13-5-3-2-4-11(13)9-17/h2-7H,8H2,1H3. The molecule has 4 nitrogen and oxygen atoms in total. The molecule has 98 valence electrons. The van der Waals surface area contributed by atoms with Crippen molar-refractivity contribution in [3.8, 4) is 11.8 Å². The molecule has 0 unspecified atom stereocenters. The summed E-state index contributed by atoms with van der Waals surface area (Å²) < 4.78 is 1.86. The van der Waals surface area contributed by atoms with Crippen molar-refractivity contribution < 1.29 is 0 Å². The molecule has 0 aliphatic carbocycles. The van der Waals surface area contributed by atoms with Gasteiger partial charge in [-0.25, -0.2) is 9.97 Å². The zero-order valence-corrected chi connectivity index (χ0v) is 11.6. The van der Waals surface area contributed by atoms with Crippen molar-refractivity contribution in [3.63, 3.8) is 0 Å². The molecule has 3 rings (SSSR count). The lowest BCUT2D eigenvalue weighted by Gasteiger charge is -2.08. The molecule has 0 aliphatic rings. The Morgan fingerprint density at radius 1 is 1.20 bits per heavy atom. The zero-order valence-electron chi connectivity index (χ0n) is 10.8. The van der Waals surface area contributed by atoms with Gasteiger partial charge in [0, 0.05) is 5.69 Å². The molecule has 0 spiro atoms. The van der Waals surface area contributed by atoms with Crippen LogP contribution in [0.1, 0.15) is 17.1 Å². The third kappa shape index (κ3) is 1.93. The van der Waals surface area contributed by atoms with Gasteiger partial charge in [-0.1, -0.05) is 12.1 Å². The Morgan fingerprint density at radius 3 is 2.75 bits per heavy atom. The van der Waals surface area contributed by atoms with Crippen LogP contribution in [0.2, 0.25) is 0 Å². The normalized spacial score (nSPS) is 10.7. The molecule has 0 amide bonds. The van der Waals surface area contributed by atoms with Gasteiger partial charge < -0.3 is 0 Å². The van der Waals surface area contributed by atoms with E-state index in [9.17, 15) is 5.26 Å². The van der Waals surface area contributed by atoms with Crippen molar-refractivity contribution in [1.29, 1.82) is 5.26 Å². The van der Waals surface area contributed by atoms with Gasteiger partial charge in [0.15, 0.2) is 5.65 Å². The summed E-state index contributed by atoms with van der Waals surface area (Å²) >= 11 is 5.99. The van der Waals surface area contributed by atoms with Crippen LogP contribution in [0.3, 0.4) is 0 Å². The summed E-state index contributed by atoms with van der Waals surface area (Å²) in [5.74, 6) is 0.942. The Morgan fingerprint density at radius 2 is 2.00 bits per heavy atom. The molecule has 2 heterocycles. The van der Waals surface area contributed by atoms with E-state index in [-0.39, 0.29) is 5.88 Å². The first-order valence-corrected chi connectivity index (χ1v) is 6.68. The minimum Gasteiger partial charge on any atom is -0.278 e. The topological polar surface area (TPSA) is 54.5 Å². The number of nitrogens with zero attached hydrogens (tertiary/aromatic N) is 4. The lowest BCUT2D eigenvalue weighted by atomic mass is 10.2. The number of para-hydroxylation sites is 1. The first-order chi connectivity index (χ1) is 9.74. The van der Waals surface area contributed by atoms with Crippen molar-refractivity contribution in [1.82, 2.24) is 14.5 Å². The largest absolute Gasteiger partial charge is 0.278 e. The Balaban J connectivity index is 2.40. The number of hydrogen-bond acceptors (Lipinski definition) is 3. The number of fused-ring (bicyclic) bond motifs is 1. The average molecular weight is 283 g/mol. The van der Waals surface area contributed by atoms with Gasteiger partial charge in [-0.2, -0.15) is 5.26 Å². The molecule has 0 bridgehead atoms. The molecule has 0 saturated carbocycles. The molecule has 2 aromatic heterocycles. The first-order valence-electron chi connectivity index (χ1n) is 6.15. The van der Waals surface area contributed by atoms with E-state index in [2.05, 4.69) is 16.0 Å². The summed E-state index contributed by atoms with van der Waals surface area (Å²) in [5.41, 5.74) is 3.73. The number of aromatic nitrogens is 3. The van der Waals surface area contributed by atoms with Gasteiger partial charge >= 0.3 is 0 Å². The SMILES string of the molecule is Cc1ccc2nc(CCl)n(-c3ccccc3C#N)c2n1. The summed E-state index contributed by atoms with van der Waals surface area (Å²) in [6.07, 6.45) is 0. The highest BCUT2D eigenvalue weighted by Crippen LogP contribution is 2.23. The minimum atomic E-state index is 0.259. The second kappa shape index (κ2) is 4.95. The summed E-state index contributed by atoms with van der Waals surface area (Å²) in [6, 6.07) is 13.4. The summed E-state index contributed by atoms with van der Waals surface area (Å²) in [4.78, 5) is 9.01. The lowest BCUT2D eigenvalue weighted by molar-refractivity contribution is 0.963. The van der Waals surface area contributed by atoms with Crippen LogP contribution in [0.15, 0.2) is 36.4 Å². The van der Waals surface area contributed by atoms with E-state index in [1.807, 2.05) is 41.8 Å². The van der Waals surface area contributed by atoms with E-state index in [0.29, 0.717) is 11.4 Å². The minimum absolute atomic E-state index is 0.259. The average Bonchev–Trinajstić information content (AvgIpc) is 2.84. The Labute approximate surface area is 121 Å². The molecular formula is C15H11ClN4. The van der Waals surface area contributed by atoms with Gasteiger partial charge in [0.05, 0.1) is 17.1 Å². The number of halogens is 1. The summed E-state index contributed by atoms with van der Waals surface area (Å²) in [6.45, 7) is 1.92. The zero-order chi connectivity index (χ0) is 14.1. The van der Waals surface area contributed by atoms with Crippen LogP contribution in [-0.2, 0) is 5.88 Å². The maximum Gasteiger partial charge on any atom is 0.165 e. The van der Waals surface area contributed by atoms with Gasteiger partial charge in [0.2, 0.25) is 0 Å². The van der Waals surface area contributed by atoms with E-state index in [1.165, 1.54) is 0 Å². The Bertz CT molecular complexity index is 829. The smallest absolute Gasteiger partial charge is 0.165 e. The molecule has 3 aromatic rings. The fourth-order valence-corrected chi connectivity index (χ4v) is 2.38. The van der Waals surface area contributed by atoms with Crippen LogP contribution in [0.25, 0.3) is 16.9 Å². The van der Waals surface area contributed by atoms with Crippen LogP contribution < -0.4 is 0 Å². The van der Waals surface area contributed by atoms with Gasteiger partial charge in [-0.15, -0.1) is 11.6 Å². The molecular weight excluding hydrogens is 272 g/mol. The van der Waals surface area contributed by atoms with E-state index in [1.54, 1.807) is 6.07 Å². The highest BCUT2D eigenvalue weighted by molar-refractivity contribution is 6.17. The number of nitriles is 1. The fraction of sp³-hybridized carbons (Fsp3) is 0.133. The molecule has 0 fully saturated rings. The quantitative estimate of drug-likeness (QED) is 0.677. The Kier molecular flexibility index (Phi) is 3.13. The highest BCUT2D eigenvalue weighted by atomic mass is 35.5. The van der Waals surface area contributed by atoms with Gasteiger partial charge in [0.1, 0.15) is 17.4 Å². The molecule has 1 aromatic carbocycles. The molecule has 0 aliphatic heterocycles. The molecule has 0 saturated heterocycles. The van der Waals surface area contributed by atoms with Gasteiger partial charge in [-0.3, -0.25) is 4.57 Å². The van der Waals surface area contributed by atoms with Gasteiger partial charge in [-0.05, 0) is 31.2 Å². The molecule has 5 heteroatoms. The van der Waals surface area contributed by atoms with Crippen LogP contribution in [-0.4, -0.2) is 14.5 Å². The van der Waals surface area contributed by atoms with Crippen LogP contribution in [0.5, 0.6) is 0 Å². The third-order valence-electron chi connectivity index (χ3n) is 3.10. The lowest BCUT2D eigenvalue weighted by Crippen LogP contribution is -2.03. The number of aryl methyl sites for hydroxylation is 1. The second-order valence-electron chi connectivity index (χ2n) is 4.42. The monoisotopic (exact) mass is 282 g/mol. The molecule has 0 N–H and O–H groups in total. The second-order valence-corrected chi connectivity index (χ2v) is 4.69. The van der Waals surface area contributed by atoms with Crippen molar-refractivity contribution in [3.05, 3.63) is 53.5 Å². The van der Waals surface area contributed by atoms with Gasteiger partial charge in [0.25, 0.3) is 0 Å². The number of hydrogen-bond donors (Lipinski definition) is 0. The highest BCUT2D eigenvalue weighted by Gasteiger charge is 2.15. The number of imidazole rings is 1. The fourth-order valence-electron chi connectivity index (χ4n) is 2.20. The van der Waals surface area contributed by atoms with Crippen molar-refractivity contribution >= 4 is 22.8 Å². The van der Waals surface area contributed by atoms with Crippen molar-refractivity contribution in [2.75, 3.05) is 0 Å². The summed E-state index contributed by atoms with van der Waals surface area (Å²) in [5, 5.41) is 9.27. The number of pyridine rings is 1. The Hall–Kier alpha value is -2.38. The predicted molar refractivity (Wildman–Crippen MR) is 77.9 cm³/mol. The van der Waals surface area contributed by atoms with Crippen LogP contribution in [0.4, 0.5) is 0 Å². The van der Waals surface area contributed by atoms with E-state index >= 15 is 0 Å². The number of rotatable bonds is 2. The number of benzene rings is 1. The van der Waals surface area contributed by atoms with E-state index in [0.717, 1.165) is 22.5 Å². The van der Waals surface area contributed by atoms with Crippen LogP contribution >= 0.6 is 11.6 Å². The maximum atomic E-state index is 9.27.